The number of ether oxygens (including phenoxy) is 2. The summed E-state index contributed by atoms with van der Waals surface area (Å²) < 4.78 is 20.3. The van der Waals surface area contributed by atoms with Crippen molar-refractivity contribution in [2.24, 2.45) is 0 Å². The summed E-state index contributed by atoms with van der Waals surface area (Å²) in [6, 6.07) is 17.0. The summed E-state index contributed by atoms with van der Waals surface area (Å²) in [4.78, 5) is 17.9. The van der Waals surface area contributed by atoms with Crippen LogP contribution in [0.5, 0.6) is 11.5 Å². The van der Waals surface area contributed by atoms with Gasteiger partial charge < -0.3 is 18.5 Å². The third-order valence-electron chi connectivity index (χ3n) is 5.62. The van der Waals surface area contributed by atoms with Crippen molar-refractivity contribution < 1.29 is 13.9 Å². The fourth-order valence-corrected chi connectivity index (χ4v) is 3.91. The number of aromatic nitrogens is 4. The molecule has 2 aromatic carbocycles. The molecule has 34 heavy (non-hydrogen) atoms. The van der Waals surface area contributed by atoms with Gasteiger partial charge in [0.1, 0.15) is 28.5 Å². The Hall–Kier alpha value is -4.33. The summed E-state index contributed by atoms with van der Waals surface area (Å²) in [5, 5.41) is 4.56. The molecule has 5 rings (SSSR count). The van der Waals surface area contributed by atoms with Crippen molar-refractivity contribution in [3.05, 3.63) is 88.8 Å². The molecule has 0 atom stereocenters. The minimum atomic E-state index is -0.171. The molecule has 172 valence electrons. The van der Waals surface area contributed by atoms with E-state index in [4.69, 9.17) is 13.9 Å². The SMILES string of the molecule is CCOc1ccccc1-c1nc(Cn2ccn3nc(-c4ccccc4OC)cc3c2=O)c(C)o1. The van der Waals surface area contributed by atoms with Crippen LogP contribution in [0.4, 0.5) is 0 Å². The Morgan fingerprint density at radius 1 is 1.00 bits per heavy atom. The van der Waals surface area contributed by atoms with Crippen LogP contribution in [0.15, 0.2) is 76.2 Å². The number of hydrogen-bond donors (Lipinski definition) is 0. The molecule has 0 N–H and O–H groups in total. The summed E-state index contributed by atoms with van der Waals surface area (Å²) in [7, 11) is 1.61. The van der Waals surface area contributed by atoms with Crippen LogP contribution in [-0.2, 0) is 6.54 Å². The van der Waals surface area contributed by atoms with E-state index in [0.717, 1.165) is 11.1 Å². The lowest BCUT2D eigenvalue weighted by atomic mass is 10.1. The molecule has 0 aliphatic carbocycles. The molecule has 0 aliphatic rings. The van der Waals surface area contributed by atoms with Crippen molar-refractivity contribution in [2.75, 3.05) is 13.7 Å². The third kappa shape index (κ3) is 3.83. The first kappa shape index (κ1) is 21.5. The maximum Gasteiger partial charge on any atom is 0.276 e. The average molecular weight is 457 g/mol. The van der Waals surface area contributed by atoms with Crippen LogP contribution in [0.25, 0.3) is 28.2 Å². The van der Waals surface area contributed by atoms with Gasteiger partial charge in [0, 0.05) is 18.0 Å². The molecule has 0 spiro atoms. The van der Waals surface area contributed by atoms with E-state index in [2.05, 4.69) is 10.1 Å². The second kappa shape index (κ2) is 8.90. The number of oxazole rings is 1. The van der Waals surface area contributed by atoms with Crippen LogP contribution in [0.3, 0.4) is 0 Å². The van der Waals surface area contributed by atoms with Crippen LogP contribution in [0.2, 0.25) is 0 Å². The van der Waals surface area contributed by atoms with Crippen molar-refractivity contribution in [3.63, 3.8) is 0 Å². The summed E-state index contributed by atoms with van der Waals surface area (Å²) in [5.41, 5.74) is 3.24. The average Bonchev–Trinajstić information content (AvgIpc) is 3.45. The molecule has 0 fully saturated rings. The first-order chi connectivity index (χ1) is 16.6. The Morgan fingerprint density at radius 3 is 2.50 bits per heavy atom. The van der Waals surface area contributed by atoms with Crippen molar-refractivity contribution in [1.82, 2.24) is 19.2 Å². The lowest BCUT2D eigenvalue weighted by molar-refractivity contribution is 0.340. The number of nitrogens with zero attached hydrogens (tertiary/aromatic N) is 4. The van der Waals surface area contributed by atoms with Crippen molar-refractivity contribution in [2.45, 2.75) is 20.4 Å². The molecular formula is C26H24N4O4. The molecule has 0 bridgehead atoms. The van der Waals surface area contributed by atoms with Gasteiger partial charge in [-0.1, -0.05) is 24.3 Å². The van der Waals surface area contributed by atoms with Crippen LogP contribution in [0, 0.1) is 6.92 Å². The Morgan fingerprint density at radius 2 is 1.74 bits per heavy atom. The summed E-state index contributed by atoms with van der Waals surface area (Å²) in [6.45, 7) is 4.59. The molecule has 0 aliphatic heterocycles. The largest absolute Gasteiger partial charge is 0.496 e. The van der Waals surface area contributed by atoms with E-state index in [1.54, 1.807) is 34.7 Å². The first-order valence-electron chi connectivity index (χ1n) is 11.0. The summed E-state index contributed by atoms with van der Waals surface area (Å²) in [6.07, 6.45) is 3.46. The van der Waals surface area contributed by atoms with Gasteiger partial charge in [0.2, 0.25) is 5.89 Å². The van der Waals surface area contributed by atoms with E-state index in [9.17, 15) is 4.79 Å². The minimum Gasteiger partial charge on any atom is -0.496 e. The predicted molar refractivity (Wildman–Crippen MR) is 128 cm³/mol. The van der Waals surface area contributed by atoms with E-state index in [1.165, 1.54) is 0 Å². The number of hydrogen-bond acceptors (Lipinski definition) is 6. The van der Waals surface area contributed by atoms with Gasteiger partial charge in [-0.3, -0.25) is 4.79 Å². The van der Waals surface area contributed by atoms with E-state index in [-0.39, 0.29) is 12.1 Å². The van der Waals surface area contributed by atoms with Crippen molar-refractivity contribution in [3.8, 4) is 34.2 Å². The summed E-state index contributed by atoms with van der Waals surface area (Å²) >= 11 is 0. The highest BCUT2D eigenvalue weighted by Gasteiger charge is 2.17. The Balaban J connectivity index is 1.50. The van der Waals surface area contributed by atoms with Crippen molar-refractivity contribution in [1.29, 1.82) is 0 Å². The highest BCUT2D eigenvalue weighted by Crippen LogP contribution is 2.31. The van der Waals surface area contributed by atoms with Crippen LogP contribution in [-0.4, -0.2) is 32.9 Å². The number of fused-ring (bicyclic) bond motifs is 1. The van der Waals surface area contributed by atoms with Gasteiger partial charge in [-0.05, 0) is 44.2 Å². The van der Waals surface area contributed by atoms with Gasteiger partial charge in [0.15, 0.2) is 0 Å². The molecule has 3 heterocycles. The zero-order chi connectivity index (χ0) is 23.7. The second-order valence-corrected chi connectivity index (χ2v) is 7.74. The molecule has 8 nitrogen and oxygen atoms in total. The molecule has 0 amide bonds. The maximum absolute atomic E-state index is 13.3. The highest BCUT2D eigenvalue weighted by molar-refractivity contribution is 5.71. The van der Waals surface area contributed by atoms with Gasteiger partial charge in [-0.25, -0.2) is 9.50 Å². The Labute approximate surface area is 196 Å². The van der Waals surface area contributed by atoms with E-state index in [1.807, 2.05) is 62.4 Å². The molecule has 5 aromatic rings. The third-order valence-corrected chi connectivity index (χ3v) is 5.62. The van der Waals surface area contributed by atoms with E-state index >= 15 is 0 Å². The van der Waals surface area contributed by atoms with Gasteiger partial charge in [-0.15, -0.1) is 0 Å². The fourth-order valence-electron chi connectivity index (χ4n) is 3.91. The number of para-hydroxylation sites is 2. The number of benzene rings is 2. The second-order valence-electron chi connectivity index (χ2n) is 7.74. The first-order valence-corrected chi connectivity index (χ1v) is 11.0. The lowest BCUT2D eigenvalue weighted by Crippen LogP contribution is -2.22. The Bertz CT molecular complexity index is 1530. The number of rotatable bonds is 7. The van der Waals surface area contributed by atoms with Crippen LogP contribution < -0.4 is 15.0 Å². The smallest absolute Gasteiger partial charge is 0.276 e. The maximum atomic E-state index is 13.3. The topological polar surface area (TPSA) is 83.8 Å². The zero-order valence-corrected chi connectivity index (χ0v) is 19.2. The zero-order valence-electron chi connectivity index (χ0n) is 19.2. The Kier molecular flexibility index (Phi) is 5.63. The molecule has 3 aromatic heterocycles. The normalized spacial score (nSPS) is 11.1. The van der Waals surface area contributed by atoms with Crippen LogP contribution in [0.1, 0.15) is 18.4 Å². The number of aryl methyl sites for hydroxylation is 1. The quantitative estimate of drug-likeness (QED) is 0.356. The minimum absolute atomic E-state index is 0.171. The molecular weight excluding hydrogens is 432 g/mol. The molecule has 8 heteroatoms. The molecule has 0 radical (unpaired) electrons. The van der Waals surface area contributed by atoms with Crippen molar-refractivity contribution >= 4 is 5.52 Å². The molecule has 0 saturated carbocycles. The molecule has 0 saturated heterocycles. The van der Waals surface area contributed by atoms with Gasteiger partial charge in [-0.2, -0.15) is 5.10 Å². The fraction of sp³-hybridized carbons (Fsp3) is 0.192. The van der Waals surface area contributed by atoms with E-state index in [0.29, 0.717) is 46.7 Å². The molecule has 0 unspecified atom stereocenters. The van der Waals surface area contributed by atoms with E-state index < -0.39 is 0 Å². The lowest BCUT2D eigenvalue weighted by Gasteiger charge is -2.06. The van der Waals surface area contributed by atoms with Crippen LogP contribution >= 0.6 is 0 Å². The summed E-state index contributed by atoms with van der Waals surface area (Å²) in [5.74, 6) is 2.52. The standard InChI is InChI=1S/C26H24N4O4/c1-4-33-24-12-8-6-10-19(24)25-27-21(17(2)34-25)16-29-13-14-30-22(26(29)31)15-20(28-30)18-9-5-7-11-23(18)32-3/h5-15H,4,16H2,1-3H3. The van der Waals surface area contributed by atoms with Gasteiger partial charge >= 0.3 is 0 Å². The monoisotopic (exact) mass is 456 g/mol. The number of methoxy groups -OCH3 is 1. The highest BCUT2D eigenvalue weighted by atomic mass is 16.5. The predicted octanol–water partition coefficient (Wildman–Crippen LogP) is 4.58. The van der Waals surface area contributed by atoms with Gasteiger partial charge in [0.05, 0.1) is 31.5 Å². The van der Waals surface area contributed by atoms with Gasteiger partial charge in [0.25, 0.3) is 5.56 Å².